The number of carbonyl (C=O) groups is 1. The highest BCUT2D eigenvalue weighted by molar-refractivity contribution is 5.75. The van der Waals surface area contributed by atoms with Crippen molar-refractivity contribution in [3.8, 4) is 0 Å². The summed E-state index contributed by atoms with van der Waals surface area (Å²) in [5, 5.41) is 0. The minimum Gasteiger partial charge on any atom is -0.300 e. The standard InChI is InChI=1S/C8H15FO/c1-6(2)4-8(9)5-7(3)10/h6,8H,4-5H2,1-3H3. The first kappa shape index (κ1) is 9.60. The van der Waals surface area contributed by atoms with Gasteiger partial charge in [-0.25, -0.2) is 4.39 Å². The van der Waals surface area contributed by atoms with Crippen LogP contribution in [0, 0.1) is 5.92 Å². The van der Waals surface area contributed by atoms with Crippen molar-refractivity contribution in [2.24, 2.45) is 5.92 Å². The summed E-state index contributed by atoms with van der Waals surface area (Å²) in [6.07, 6.45) is -0.352. The molecule has 0 aromatic heterocycles. The lowest BCUT2D eigenvalue weighted by molar-refractivity contribution is -0.118. The zero-order chi connectivity index (χ0) is 8.15. The third-order valence-electron chi connectivity index (χ3n) is 1.24. The van der Waals surface area contributed by atoms with E-state index >= 15 is 0 Å². The molecule has 2 heteroatoms. The lowest BCUT2D eigenvalue weighted by atomic mass is 10.0. The van der Waals surface area contributed by atoms with Crippen molar-refractivity contribution < 1.29 is 9.18 Å². The smallest absolute Gasteiger partial charge is 0.132 e. The number of halogens is 1. The molecule has 1 nitrogen and oxygen atoms in total. The molecule has 0 radical (unpaired) electrons. The highest BCUT2D eigenvalue weighted by Gasteiger charge is 2.10. The maximum Gasteiger partial charge on any atom is 0.132 e. The van der Waals surface area contributed by atoms with Crippen LogP contribution in [0.15, 0.2) is 0 Å². The number of hydrogen-bond donors (Lipinski definition) is 0. The second kappa shape index (κ2) is 4.42. The maximum absolute atomic E-state index is 12.7. The lowest BCUT2D eigenvalue weighted by Gasteiger charge is -2.07. The molecular formula is C8H15FO. The second-order valence-corrected chi connectivity index (χ2v) is 3.13. The summed E-state index contributed by atoms with van der Waals surface area (Å²) in [5.41, 5.74) is 0. The largest absolute Gasteiger partial charge is 0.300 e. The monoisotopic (exact) mass is 146 g/mol. The summed E-state index contributed by atoms with van der Waals surface area (Å²) in [5.74, 6) is 0.280. The molecule has 60 valence electrons. The number of hydrogen-bond acceptors (Lipinski definition) is 1. The van der Waals surface area contributed by atoms with Gasteiger partial charge in [-0.2, -0.15) is 0 Å². The second-order valence-electron chi connectivity index (χ2n) is 3.13. The van der Waals surface area contributed by atoms with Crippen LogP contribution in [0.1, 0.15) is 33.6 Å². The van der Waals surface area contributed by atoms with Crippen LogP contribution in [-0.2, 0) is 4.79 Å². The van der Waals surface area contributed by atoms with Gasteiger partial charge in [-0.1, -0.05) is 13.8 Å². The fraction of sp³-hybridized carbons (Fsp3) is 0.875. The molecule has 0 heterocycles. The molecule has 0 aliphatic carbocycles. The van der Waals surface area contributed by atoms with Gasteiger partial charge in [0.25, 0.3) is 0 Å². The molecule has 0 bridgehead atoms. The van der Waals surface area contributed by atoms with Crippen molar-refractivity contribution in [3.05, 3.63) is 0 Å². The number of rotatable bonds is 4. The molecule has 0 aromatic rings. The van der Waals surface area contributed by atoms with E-state index < -0.39 is 6.17 Å². The van der Waals surface area contributed by atoms with E-state index in [0.29, 0.717) is 12.3 Å². The Balaban J connectivity index is 3.43. The number of carbonyl (C=O) groups excluding carboxylic acids is 1. The Bertz CT molecular complexity index is 110. The van der Waals surface area contributed by atoms with Crippen LogP contribution in [0.5, 0.6) is 0 Å². The fourth-order valence-corrected chi connectivity index (χ4v) is 0.907. The zero-order valence-electron chi connectivity index (χ0n) is 6.86. The molecule has 1 atom stereocenters. The van der Waals surface area contributed by atoms with Crippen LogP contribution in [0.3, 0.4) is 0 Å². The first-order chi connectivity index (χ1) is 4.52. The molecule has 0 rings (SSSR count). The summed E-state index contributed by atoms with van der Waals surface area (Å²) in [7, 11) is 0. The first-order valence-electron chi connectivity index (χ1n) is 3.66. The predicted octanol–water partition coefficient (Wildman–Crippen LogP) is 2.35. The van der Waals surface area contributed by atoms with Gasteiger partial charge in [0, 0.05) is 6.42 Å². The van der Waals surface area contributed by atoms with Crippen molar-refractivity contribution in [1.29, 1.82) is 0 Å². The van der Waals surface area contributed by atoms with Crippen LogP contribution in [0.4, 0.5) is 4.39 Å². The molecule has 0 saturated carbocycles. The van der Waals surface area contributed by atoms with Gasteiger partial charge in [0.05, 0.1) is 0 Å². The molecule has 0 N–H and O–H groups in total. The SMILES string of the molecule is CC(=O)CC(F)CC(C)C. The molecule has 0 spiro atoms. The Morgan fingerprint density at radius 3 is 2.30 bits per heavy atom. The third-order valence-corrected chi connectivity index (χ3v) is 1.24. The van der Waals surface area contributed by atoms with Crippen LogP contribution >= 0.6 is 0 Å². The summed E-state index contributed by atoms with van der Waals surface area (Å²) in [4.78, 5) is 10.4. The lowest BCUT2D eigenvalue weighted by Crippen LogP contribution is -2.08. The van der Waals surface area contributed by atoms with Gasteiger partial charge in [0.2, 0.25) is 0 Å². The molecule has 0 aliphatic heterocycles. The van der Waals surface area contributed by atoms with Crippen molar-refractivity contribution >= 4 is 5.78 Å². The highest BCUT2D eigenvalue weighted by atomic mass is 19.1. The van der Waals surface area contributed by atoms with Gasteiger partial charge >= 0.3 is 0 Å². The average molecular weight is 146 g/mol. The molecule has 1 unspecified atom stereocenters. The predicted molar refractivity (Wildman–Crippen MR) is 39.6 cm³/mol. The molecule has 10 heavy (non-hydrogen) atoms. The van der Waals surface area contributed by atoms with Gasteiger partial charge in [0.1, 0.15) is 12.0 Å². The van der Waals surface area contributed by atoms with E-state index in [1.54, 1.807) is 0 Å². The van der Waals surface area contributed by atoms with Crippen molar-refractivity contribution in [2.45, 2.75) is 39.8 Å². The van der Waals surface area contributed by atoms with Gasteiger partial charge in [-0.05, 0) is 19.3 Å². The van der Waals surface area contributed by atoms with Gasteiger partial charge in [-0.15, -0.1) is 0 Å². The molecular weight excluding hydrogens is 131 g/mol. The number of Topliss-reactive ketones (excluding diaryl/α,β-unsaturated/α-hetero) is 1. The third kappa shape index (κ3) is 5.73. The molecule has 0 aliphatic rings. The fourth-order valence-electron chi connectivity index (χ4n) is 0.907. The minimum absolute atomic E-state index is 0.0619. The quantitative estimate of drug-likeness (QED) is 0.595. The zero-order valence-corrected chi connectivity index (χ0v) is 6.86. The Kier molecular flexibility index (Phi) is 4.24. The summed E-state index contributed by atoms with van der Waals surface area (Å²) in [6, 6.07) is 0. The summed E-state index contributed by atoms with van der Waals surface area (Å²) in [6.45, 7) is 5.33. The van der Waals surface area contributed by atoms with Crippen molar-refractivity contribution in [1.82, 2.24) is 0 Å². The summed E-state index contributed by atoms with van der Waals surface area (Å²) < 4.78 is 12.7. The Morgan fingerprint density at radius 2 is 2.00 bits per heavy atom. The van der Waals surface area contributed by atoms with Crippen molar-refractivity contribution in [2.75, 3.05) is 0 Å². The number of alkyl halides is 1. The Hall–Kier alpha value is -0.400. The summed E-state index contributed by atoms with van der Waals surface area (Å²) >= 11 is 0. The first-order valence-corrected chi connectivity index (χ1v) is 3.66. The van der Waals surface area contributed by atoms with Crippen molar-refractivity contribution in [3.63, 3.8) is 0 Å². The van der Waals surface area contributed by atoms with E-state index in [0.717, 1.165) is 0 Å². The number of ketones is 1. The molecule has 0 fully saturated rings. The van der Waals surface area contributed by atoms with E-state index in [2.05, 4.69) is 0 Å². The van der Waals surface area contributed by atoms with E-state index in [9.17, 15) is 9.18 Å². The van der Waals surface area contributed by atoms with E-state index in [-0.39, 0.29) is 12.2 Å². The van der Waals surface area contributed by atoms with Crippen LogP contribution in [0.2, 0.25) is 0 Å². The van der Waals surface area contributed by atoms with E-state index in [1.807, 2.05) is 13.8 Å². The Morgan fingerprint density at radius 1 is 1.50 bits per heavy atom. The van der Waals surface area contributed by atoms with Gasteiger partial charge < -0.3 is 0 Å². The van der Waals surface area contributed by atoms with Crippen LogP contribution < -0.4 is 0 Å². The normalized spacial score (nSPS) is 13.7. The van der Waals surface area contributed by atoms with E-state index in [4.69, 9.17) is 0 Å². The van der Waals surface area contributed by atoms with Gasteiger partial charge in [-0.3, -0.25) is 4.79 Å². The molecule has 0 saturated heterocycles. The minimum atomic E-state index is -0.933. The van der Waals surface area contributed by atoms with Crippen LogP contribution in [0.25, 0.3) is 0 Å². The van der Waals surface area contributed by atoms with Gasteiger partial charge in [0.15, 0.2) is 0 Å². The maximum atomic E-state index is 12.7. The average Bonchev–Trinajstić information content (AvgIpc) is 1.58. The van der Waals surface area contributed by atoms with Crippen LogP contribution in [-0.4, -0.2) is 12.0 Å². The Labute approximate surface area is 61.6 Å². The highest BCUT2D eigenvalue weighted by Crippen LogP contribution is 2.11. The topological polar surface area (TPSA) is 17.1 Å². The molecule has 0 aromatic carbocycles. The van der Waals surface area contributed by atoms with E-state index in [1.165, 1.54) is 6.92 Å². The molecule has 0 amide bonds.